The Kier molecular flexibility index (Phi) is 7.60. The summed E-state index contributed by atoms with van der Waals surface area (Å²) in [4.78, 5) is 33.3. The molecule has 39 heavy (non-hydrogen) atoms. The molecule has 2 aromatic carbocycles. The summed E-state index contributed by atoms with van der Waals surface area (Å²) in [7, 11) is 0. The van der Waals surface area contributed by atoms with Crippen LogP contribution >= 0.6 is 11.8 Å². The number of hydrogen-bond acceptors (Lipinski definition) is 4. The summed E-state index contributed by atoms with van der Waals surface area (Å²) in [6.45, 7) is 0.550. The number of rotatable bonds is 6. The molecule has 1 aliphatic heterocycles. The van der Waals surface area contributed by atoms with Crippen LogP contribution in [0.4, 0.5) is 0 Å². The van der Waals surface area contributed by atoms with Gasteiger partial charge in [-0.25, -0.2) is 4.79 Å². The van der Waals surface area contributed by atoms with Gasteiger partial charge >= 0.3 is 5.97 Å². The van der Waals surface area contributed by atoms with Gasteiger partial charge in [0.1, 0.15) is 0 Å². The molecule has 1 amide bonds. The van der Waals surface area contributed by atoms with Crippen LogP contribution in [0.1, 0.15) is 85.7 Å². The second-order valence-corrected chi connectivity index (χ2v) is 12.0. The Morgan fingerprint density at radius 1 is 0.974 bits per heavy atom. The zero-order valence-electron chi connectivity index (χ0n) is 22.2. The first kappa shape index (κ1) is 25.9. The molecule has 6 rings (SSSR count). The monoisotopic (exact) mass is 541 g/mol. The summed E-state index contributed by atoms with van der Waals surface area (Å²) in [6.07, 6.45) is 15.8. The van der Waals surface area contributed by atoms with Crippen molar-refractivity contribution in [3.63, 3.8) is 0 Å². The fraction of sp³-hybridized carbons (Fsp3) is 0.406. The van der Waals surface area contributed by atoms with Gasteiger partial charge in [0.05, 0.1) is 16.5 Å². The maximum atomic E-state index is 13.9. The van der Waals surface area contributed by atoms with Crippen LogP contribution in [-0.2, 0) is 11.3 Å². The minimum Gasteiger partial charge on any atom is -0.478 e. The molecular formula is C32H35N3O3S. The Morgan fingerprint density at radius 3 is 2.49 bits per heavy atom. The highest BCUT2D eigenvalue weighted by Gasteiger charge is 2.39. The summed E-state index contributed by atoms with van der Waals surface area (Å²) in [5, 5.41) is 11.4. The predicted octanol–water partition coefficient (Wildman–Crippen LogP) is 7.33. The maximum Gasteiger partial charge on any atom is 0.335 e. The second-order valence-electron chi connectivity index (χ2n) is 11.0. The molecule has 0 atom stereocenters. The Morgan fingerprint density at radius 2 is 1.72 bits per heavy atom. The molecule has 1 aromatic heterocycles. The Labute approximate surface area is 233 Å². The second kappa shape index (κ2) is 11.4. The number of aromatic carboxylic acids is 1. The minimum absolute atomic E-state index is 0.0902. The molecule has 3 aliphatic rings. The van der Waals surface area contributed by atoms with Crippen LogP contribution in [-0.4, -0.2) is 43.7 Å². The van der Waals surface area contributed by atoms with E-state index in [0.29, 0.717) is 12.6 Å². The molecule has 2 aliphatic carbocycles. The third-order valence-electron chi connectivity index (χ3n) is 8.28. The quantitative estimate of drug-likeness (QED) is 0.332. The van der Waals surface area contributed by atoms with Crippen molar-refractivity contribution in [1.82, 2.24) is 9.47 Å². The number of nitrogens with zero attached hydrogens (tertiary/aromatic N) is 3. The van der Waals surface area contributed by atoms with Crippen molar-refractivity contribution in [2.75, 3.05) is 0 Å². The number of carbonyl (C=O) groups is 2. The van der Waals surface area contributed by atoms with E-state index < -0.39 is 5.97 Å². The fourth-order valence-corrected chi connectivity index (χ4v) is 7.37. The summed E-state index contributed by atoms with van der Waals surface area (Å²) in [5.41, 5.74) is 3.26. The van der Waals surface area contributed by atoms with Crippen LogP contribution in [0.2, 0.25) is 0 Å². The van der Waals surface area contributed by atoms with Gasteiger partial charge in [-0.15, -0.1) is 0 Å². The van der Waals surface area contributed by atoms with Crippen molar-refractivity contribution in [3.8, 4) is 0 Å². The third kappa shape index (κ3) is 5.55. The van der Waals surface area contributed by atoms with Crippen molar-refractivity contribution in [3.05, 3.63) is 76.3 Å². The van der Waals surface area contributed by atoms with E-state index in [1.165, 1.54) is 38.5 Å². The lowest BCUT2D eigenvalue weighted by Gasteiger charge is -2.31. The standard InChI is InChI=1S/C32H35N3O3S/c36-30-29(39-32(33-25-12-3-1-4-13-25)35(30)26-14-5-2-6-15-26)19-24-21-34(28-17-8-7-16-27(24)28)20-22-10-9-11-23(18-22)31(37)38/h7-11,16-19,21,25-26H,1-6,12-15,20H2,(H,37,38). The molecule has 7 heteroatoms. The van der Waals surface area contributed by atoms with Crippen molar-refractivity contribution >= 4 is 45.8 Å². The summed E-state index contributed by atoms with van der Waals surface area (Å²) in [5.74, 6) is -0.836. The minimum atomic E-state index is -0.926. The van der Waals surface area contributed by atoms with Gasteiger partial charge < -0.3 is 9.67 Å². The number of hydrogen-bond donors (Lipinski definition) is 1. The van der Waals surface area contributed by atoms with Gasteiger partial charge in [0.15, 0.2) is 5.17 Å². The van der Waals surface area contributed by atoms with Crippen LogP contribution in [0.25, 0.3) is 17.0 Å². The van der Waals surface area contributed by atoms with Gasteiger partial charge in [0.25, 0.3) is 5.91 Å². The molecule has 0 bridgehead atoms. The number of carboxylic acids is 1. The number of para-hydroxylation sites is 1. The molecule has 1 N–H and O–H groups in total. The predicted molar refractivity (Wildman–Crippen MR) is 158 cm³/mol. The van der Waals surface area contributed by atoms with Crippen molar-refractivity contribution in [2.45, 2.75) is 82.8 Å². The van der Waals surface area contributed by atoms with E-state index in [9.17, 15) is 14.7 Å². The molecule has 3 fully saturated rings. The Bertz CT molecular complexity index is 1440. The van der Waals surface area contributed by atoms with Crippen LogP contribution in [0.5, 0.6) is 0 Å². The Balaban J connectivity index is 1.34. The highest BCUT2D eigenvalue weighted by molar-refractivity contribution is 8.18. The zero-order chi connectivity index (χ0) is 26.8. The third-order valence-corrected chi connectivity index (χ3v) is 9.27. The number of carbonyl (C=O) groups excluding carboxylic acids is 1. The zero-order valence-corrected chi connectivity index (χ0v) is 23.0. The topological polar surface area (TPSA) is 74.9 Å². The van der Waals surface area contributed by atoms with Crippen LogP contribution in [0.15, 0.2) is 64.6 Å². The SMILES string of the molecule is O=C(O)c1cccc(Cn2cc(C=C3SC(=NC4CCCCC4)N(C4CCCCC4)C3=O)c3ccccc32)c1. The van der Waals surface area contributed by atoms with E-state index in [-0.39, 0.29) is 17.5 Å². The van der Waals surface area contributed by atoms with E-state index in [4.69, 9.17) is 4.99 Å². The number of fused-ring (bicyclic) bond motifs is 1. The van der Waals surface area contributed by atoms with E-state index in [0.717, 1.165) is 57.8 Å². The van der Waals surface area contributed by atoms with E-state index >= 15 is 0 Å². The molecule has 0 unspecified atom stereocenters. The maximum absolute atomic E-state index is 13.9. The van der Waals surface area contributed by atoms with Gasteiger partial charge in [0, 0.05) is 35.2 Å². The molecule has 0 spiro atoms. The van der Waals surface area contributed by atoms with Gasteiger partial charge in [-0.3, -0.25) is 14.7 Å². The van der Waals surface area contributed by atoms with Crippen molar-refractivity contribution in [2.24, 2.45) is 4.99 Å². The smallest absolute Gasteiger partial charge is 0.335 e. The number of carboxylic acid groups (broad SMARTS) is 1. The van der Waals surface area contributed by atoms with Gasteiger partial charge in [-0.2, -0.15) is 0 Å². The molecule has 3 aromatic rings. The number of amidine groups is 1. The average molecular weight is 542 g/mol. The van der Waals surface area contributed by atoms with Crippen LogP contribution < -0.4 is 0 Å². The van der Waals surface area contributed by atoms with Crippen molar-refractivity contribution < 1.29 is 14.7 Å². The first-order valence-electron chi connectivity index (χ1n) is 14.3. The largest absolute Gasteiger partial charge is 0.478 e. The highest BCUT2D eigenvalue weighted by atomic mass is 32.2. The number of thioether (sulfide) groups is 1. The van der Waals surface area contributed by atoms with Gasteiger partial charge in [-0.05, 0) is 67.3 Å². The first-order valence-corrected chi connectivity index (χ1v) is 15.1. The molecular weight excluding hydrogens is 506 g/mol. The highest BCUT2D eigenvalue weighted by Crippen LogP contribution is 2.39. The lowest BCUT2D eigenvalue weighted by atomic mass is 9.94. The molecule has 6 nitrogen and oxygen atoms in total. The molecule has 0 radical (unpaired) electrons. The Hall–Kier alpha value is -3.32. The molecule has 1 saturated heterocycles. The molecule has 2 saturated carbocycles. The number of aliphatic imine (C=N–C) groups is 1. The van der Waals surface area contributed by atoms with Crippen LogP contribution in [0.3, 0.4) is 0 Å². The van der Waals surface area contributed by atoms with Crippen LogP contribution in [0, 0.1) is 0 Å². The lowest BCUT2D eigenvalue weighted by molar-refractivity contribution is -0.124. The summed E-state index contributed by atoms with van der Waals surface area (Å²) >= 11 is 1.55. The number of amides is 1. The van der Waals surface area contributed by atoms with E-state index in [1.807, 2.05) is 29.2 Å². The summed E-state index contributed by atoms with van der Waals surface area (Å²) < 4.78 is 2.14. The van der Waals surface area contributed by atoms with Crippen molar-refractivity contribution in [1.29, 1.82) is 0 Å². The first-order chi connectivity index (χ1) is 19.1. The van der Waals surface area contributed by atoms with E-state index in [1.54, 1.807) is 30.0 Å². The summed E-state index contributed by atoms with van der Waals surface area (Å²) in [6, 6.07) is 15.8. The average Bonchev–Trinajstić information content (AvgIpc) is 3.46. The molecule has 2 heterocycles. The molecule has 202 valence electrons. The number of benzene rings is 2. The number of aromatic nitrogens is 1. The normalized spacial score (nSPS) is 21.4. The van der Waals surface area contributed by atoms with Gasteiger partial charge in [0.2, 0.25) is 0 Å². The lowest BCUT2D eigenvalue weighted by Crippen LogP contribution is -2.41. The van der Waals surface area contributed by atoms with E-state index in [2.05, 4.69) is 22.9 Å². The van der Waals surface area contributed by atoms with Gasteiger partial charge in [-0.1, -0.05) is 68.9 Å². The fourth-order valence-electron chi connectivity index (χ4n) is 6.27.